The van der Waals surface area contributed by atoms with Crippen molar-refractivity contribution in [1.29, 1.82) is 0 Å². The number of aryl methyl sites for hydroxylation is 3. The molecule has 0 saturated carbocycles. The first-order valence-corrected chi connectivity index (χ1v) is 11.1. The molecule has 1 N–H and O–H groups in total. The molecule has 153 valence electrons. The first-order valence-electron chi connectivity index (χ1n) is 11.1. The smallest absolute Gasteiger partial charge is 0.130 e. The van der Waals surface area contributed by atoms with E-state index in [4.69, 9.17) is 4.98 Å². The molecule has 3 heteroatoms. The van der Waals surface area contributed by atoms with E-state index >= 15 is 0 Å². The fraction of sp³-hybridized carbons (Fsp3) is 0.370. The Morgan fingerprint density at radius 3 is 2.63 bits per heavy atom. The lowest BCUT2D eigenvalue weighted by molar-refractivity contribution is 0.287. The second-order valence-corrected chi connectivity index (χ2v) is 9.11. The molecule has 1 aliphatic carbocycles. The van der Waals surface area contributed by atoms with Crippen LogP contribution in [0.3, 0.4) is 0 Å². The van der Waals surface area contributed by atoms with Crippen LogP contribution in [0.15, 0.2) is 54.2 Å². The number of aromatic amines is 1. The van der Waals surface area contributed by atoms with Gasteiger partial charge < -0.3 is 9.88 Å². The van der Waals surface area contributed by atoms with Crippen LogP contribution in [0.5, 0.6) is 0 Å². The van der Waals surface area contributed by atoms with Crippen LogP contribution >= 0.6 is 0 Å². The summed E-state index contributed by atoms with van der Waals surface area (Å²) in [6.45, 7) is 9.86. The molecule has 0 amide bonds. The number of likely N-dealkylation sites (tertiary alicyclic amines) is 1. The van der Waals surface area contributed by atoms with Crippen LogP contribution < -0.4 is 0 Å². The van der Waals surface area contributed by atoms with E-state index in [1.165, 1.54) is 34.4 Å². The second kappa shape index (κ2) is 7.46. The number of rotatable bonds is 3. The van der Waals surface area contributed by atoms with Crippen LogP contribution in [0.2, 0.25) is 0 Å². The predicted molar refractivity (Wildman–Crippen MR) is 123 cm³/mol. The zero-order valence-electron chi connectivity index (χ0n) is 18.4. The molecule has 3 aromatic rings. The summed E-state index contributed by atoms with van der Waals surface area (Å²) >= 11 is 0. The summed E-state index contributed by atoms with van der Waals surface area (Å²) in [4.78, 5) is 11.2. The molecule has 1 aliphatic heterocycles. The minimum absolute atomic E-state index is 0.266. The van der Waals surface area contributed by atoms with Gasteiger partial charge in [-0.05, 0) is 80.5 Å². The SMILES string of the molecule is Cc1ccc(C2[C]=C(N3CC[C@H](C)[C@H]3c3nc4cc(C)c(C)cc4[nH]3)C=CC2)cc1. The van der Waals surface area contributed by atoms with E-state index in [2.05, 4.69) is 92.2 Å². The highest BCUT2D eigenvalue weighted by molar-refractivity contribution is 5.77. The predicted octanol–water partition coefficient (Wildman–Crippen LogP) is 6.30. The van der Waals surface area contributed by atoms with Crippen molar-refractivity contribution < 1.29 is 0 Å². The van der Waals surface area contributed by atoms with Crippen LogP contribution in [0.4, 0.5) is 0 Å². The van der Waals surface area contributed by atoms with Crippen molar-refractivity contribution in [3.8, 4) is 0 Å². The number of nitrogens with zero attached hydrogens (tertiary/aromatic N) is 2. The minimum atomic E-state index is 0.266. The molecular weight excluding hydrogens is 366 g/mol. The van der Waals surface area contributed by atoms with Gasteiger partial charge in [0.1, 0.15) is 5.82 Å². The molecule has 0 bridgehead atoms. The van der Waals surface area contributed by atoms with Crippen molar-refractivity contribution in [2.45, 2.75) is 52.5 Å². The minimum Gasteiger partial charge on any atom is -0.361 e. The van der Waals surface area contributed by atoms with Gasteiger partial charge in [-0.15, -0.1) is 0 Å². The van der Waals surface area contributed by atoms with Crippen LogP contribution in [0.1, 0.15) is 59.8 Å². The lowest BCUT2D eigenvalue weighted by Gasteiger charge is -2.30. The van der Waals surface area contributed by atoms with Gasteiger partial charge in [0.2, 0.25) is 0 Å². The number of hydrogen-bond donors (Lipinski definition) is 1. The third-order valence-electron chi connectivity index (χ3n) is 6.85. The maximum Gasteiger partial charge on any atom is 0.130 e. The Hall–Kier alpha value is -2.81. The van der Waals surface area contributed by atoms with Crippen LogP contribution in [0.25, 0.3) is 11.0 Å². The Labute approximate surface area is 179 Å². The van der Waals surface area contributed by atoms with E-state index in [1.54, 1.807) is 0 Å². The van der Waals surface area contributed by atoms with Crippen LogP contribution in [-0.2, 0) is 0 Å². The zero-order valence-corrected chi connectivity index (χ0v) is 18.4. The van der Waals surface area contributed by atoms with Crippen molar-refractivity contribution in [3.05, 3.63) is 88.4 Å². The molecule has 0 spiro atoms. The van der Waals surface area contributed by atoms with Gasteiger partial charge in [0, 0.05) is 18.2 Å². The highest BCUT2D eigenvalue weighted by Crippen LogP contribution is 2.41. The summed E-state index contributed by atoms with van der Waals surface area (Å²) < 4.78 is 0. The highest BCUT2D eigenvalue weighted by Gasteiger charge is 2.36. The van der Waals surface area contributed by atoms with E-state index in [9.17, 15) is 0 Å². The molecule has 30 heavy (non-hydrogen) atoms. The monoisotopic (exact) mass is 396 g/mol. The molecule has 1 saturated heterocycles. The fourth-order valence-corrected chi connectivity index (χ4v) is 4.86. The Morgan fingerprint density at radius 2 is 1.83 bits per heavy atom. The molecule has 5 rings (SSSR count). The number of hydrogen-bond acceptors (Lipinski definition) is 2. The van der Waals surface area contributed by atoms with E-state index in [0.717, 1.165) is 29.8 Å². The van der Waals surface area contributed by atoms with Gasteiger partial charge in [-0.3, -0.25) is 0 Å². The number of imidazole rings is 1. The normalized spacial score (nSPS) is 23.9. The Morgan fingerprint density at radius 1 is 1.07 bits per heavy atom. The number of allylic oxidation sites excluding steroid dienone is 3. The quantitative estimate of drug-likeness (QED) is 0.563. The summed E-state index contributed by atoms with van der Waals surface area (Å²) in [5, 5.41) is 0. The second-order valence-electron chi connectivity index (χ2n) is 9.11. The molecule has 1 fully saturated rings. The Balaban J connectivity index is 1.49. The van der Waals surface area contributed by atoms with Crippen LogP contribution in [-0.4, -0.2) is 21.4 Å². The number of aromatic nitrogens is 2. The first-order chi connectivity index (χ1) is 14.5. The average Bonchev–Trinajstić information content (AvgIpc) is 3.31. The van der Waals surface area contributed by atoms with Gasteiger partial charge in [0.15, 0.2) is 0 Å². The number of benzene rings is 2. The van der Waals surface area contributed by atoms with Gasteiger partial charge in [-0.1, -0.05) is 42.8 Å². The van der Waals surface area contributed by atoms with Crippen molar-refractivity contribution in [2.24, 2.45) is 5.92 Å². The maximum absolute atomic E-state index is 5.02. The molecule has 1 radical (unpaired) electrons. The highest BCUT2D eigenvalue weighted by atomic mass is 15.2. The van der Waals surface area contributed by atoms with E-state index in [0.29, 0.717) is 11.8 Å². The Bertz CT molecular complexity index is 1090. The number of H-pyrrole nitrogens is 1. The molecule has 1 unspecified atom stereocenters. The molecule has 1 aromatic heterocycles. The number of fused-ring (bicyclic) bond motifs is 1. The molecule has 3 atom stereocenters. The van der Waals surface area contributed by atoms with Crippen molar-refractivity contribution in [2.75, 3.05) is 6.54 Å². The van der Waals surface area contributed by atoms with Crippen molar-refractivity contribution in [3.63, 3.8) is 0 Å². The van der Waals surface area contributed by atoms with E-state index < -0.39 is 0 Å². The molecule has 2 aromatic carbocycles. The standard InChI is InChI=1S/C27H30N3/c1-17-8-10-21(11-9-17)22-6-5-7-23(16-22)30-13-12-18(2)26(30)27-28-24-14-19(3)20(4)15-25(24)29-27/h5,7-11,14-15,18,22,26H,6,12-13H2,1-4H3,(H,28,29)/t18-,22?,26-/m0/s1. The summed E-state index contributed by atoms with van der Waals surface area (Å²) in [6.07, 6.45) is 10.6. The summed E-state index contributed by atoms with van der Waals surface area (Å²) in [6, 6.07) is 13.6. The van der Waals surface area contributed by atoms with Gasteiger partial charge in [-0.25, -0.2) is 4.98 Å². The molecule has 3 nitrogen and oxygen atoms in total. The van der Waals surface area contributed by atoms with Crippen molar-refractivity contribution in [1.82, 2.24) is 14.9 Å². The summed E-state index contributed by atoms with van der Waals surface area (Å²) in [5.74, 6) is 1.96. The van der Waals surface area contributed by atoms with Gasteiger partial charge in [-0.2, -0.15) is 0 Å². The third kappa shape index (κ3) is 3.36. The third-order valence-corrected chi connectivity index (χ3v) is 6.85. The maximum atomic E-state index is 5.02. The van der Waals surface area contributed by atoms with Gasteiger partial charge in [0.25, 0.3) is 0 Å². The summed E-state index contributed by atoms with van der Waals surface area (Å²) in [7, 11) is 0. The summed E-state index contributed by atoms with van der Waals surface area (Å²) in [5.41, 5.74) is 8.68. The lowest BCUT2D eigenvalue weighted by atomic mass is 9.90. The van der Waals surface area contributed by atoms with E-state index in [-0.39, 0.29) is 6.04 Å². The van der Waals surface area contributed by atoms with E-state index in [1.807, 2.05) is 0 Å². The van der Waals surface area contributed by atoms with Gasteiger partial charge >= 0.3 is 0 Å². The fourth-order valence-electron chi connectivity index (χ4n) is 4.86. The largest absolute Gasteiger partial charge is 0.361 e. The Kier molecular flexibility index (Phi) is 4.77. The first kappa shape index (κ1) is 19.2. The molecule has 2 aliphatic rings. The zero-order chi connectivity index (χ0) is 20.8. The molecular formula is C27H30N3. The topological polar surface area (TPSA) is 31.9 Å². The molecule has 2 heterocycles. The number of nitrogens with one attached hydrogen (secondary N) is 1. The van der Waals surface area contributed by atoms with Crippen LogP contribution in [0, 0.1) is 32.8 Å². The van der Waals surface area contributed by atoms with Gasteiger partial charge in [0.05, 0.1) is 17.1 Å². The lowest BCUT2D eigenvalue weighted by Crippen LogP contribution is -2.26. The average molecular weight is 397 g/mol. The van der Waals surface area contributed by atoms with Crippen molar-refractivity contribution >= 4 is 11.0 Å².